The fourth-order valence-corrected chi connectivity index (χ4v) is 1.38. The molecular weight excluding hydrogens is 226 g/mol. The van der Waals surface area contributed by atoms with Crippen LogP contribution < -0.4 is 0 Å². The van der Waals surface area contributed by atoms with E-state index in [2.05, 4.69) is 4.74 Å². The number of esters is 1. The number of benzene rings is 1. The van der Waals surface area contributed by atoms with Gasteiger partial charge in [0.25, 0.3) is 5.69 Å². The van der Waals surface area contributed by atoms with Gasteiger partial charge in [0.05, 0.1) is 12.0 Å². The first-order chi connectivity index (χ1) is 8.04. The number of carbonyl (C=O) groups is 1. The van der Waals surface area contributed by atoms with Crippen LogP contribution in [0.3, 0.4) is 0 Å². The average Bonchev–Trinajstić information content (AvgIpc) is 2.35. The molecule has 17 heavy (non-hydrogen) atoms. The maximum absolute atomic E-state index is 10.9. The van der Waals surface area contributed by atoms with Gasteiger partial charge < -0.3 is 9.84 Å². The first-order valence-corrected chi connectivity index (χ1v) is 5.04. The van der Waals surface area contributed by atoms with Crippen molar-refractivity contribution in [3.05, 3.63) is 39.9 Å². The fraction of sp³-hybridized carbons (Fsp3) is 0.364. The molecule has 0 saturated carbocycles. The molecular formula is C11H13NO5. The molecule has 0 aliphatic rings. The molecule has 0 amide bonds. The average molecular weight is 239 g/mol. The van der Waals surface area contributed by atoms with Gasteiger partial charge in [0, 0.05) is 12.1 Å². The lowest BCUT2D eigenvalue weighted by atomic mass is 10.1. The number of hydrogen-bond acceptors (Lipinski definition) is 5. The number of non-ortho nitro benzene ring substituents is 1. The third-order valence-corrected chi connectivity index (χ3v) is 2.30. The minimum atomic E-state index is -1.20. The number of hydrogen-bond donors (Lipinski definition) is 1. The molecule has 0 aliphatic carbocycles. The zero-order valence-electron chi connectivity index (χ0n) is 9.33. The smallest absolute Gasteiger partial charge is 0.334 e. The lowest BCUT2D eigenvalue weighted by Gasteiger charge is -2.07. The molecule has 1 aromatic carbocycles. The summed E-state index contributed by atoms with van der Waals surface area (Å²) in [7, 11) is 1.19. The number of aliphatic hydroxyl groups is 1. The minimum Gasteiger partial charge on any atom is -0.467 e. The summed E-state index contributed by atoms with van der Waals surface area (Å²) < 4.78 is 4.37. The van der Waals surface area contributed by atoms with Gasteiger partial charge in [-0.15, -0.1) is 0 Å². The van der Waals surface area contributed by atoms with E-state index in [0.29, 0.717) is 12.0 Å². The van der Waals surface area contributed by atoms with Crippen molar-refractivity contribution in [3.8, 4) is 0 Å². The highest BCUT2D eigenvalue weighted by Crippen LogP contribution is 2.15. The normalized spacial score (nSPS) is 11.9. The Morgan fingerprint density at radius 2 is 2.29 bits per heavy atom. The molecule has 92 valence electrons. The van der Waals surface area contributed by atoms with Crippen LogP contribution in [-0.4, -0.2) is 29.2 Å². The van der Waals surface area contributed by atoms with Crippen molar-refractivity contribution in [2.75, 3.05) is 7.11 Å². The van der Waals surface area contributed by atoms with E-state index in [0.717, 1.165) is 0 Å². The lowest BCUT2D eigenvalue weighted by Crippen LogP contribution is -2.22. The summed E-state index contributed by atoms with van der Waals surface area (Å²) in [6.07, 6.45) is -0.648. The standard InChI is InChI=1S/C11H13NO5/c1-17-11(14)10(13)6-5-8-3-2-4-9(7-8)12(15)16/h2-4,7,10,13H,5-6H2,1H3. The Hall–Kier alpha value is -1.95. The summed E-state index contributed by atoms with van der Waals surface area (Å²) in [5, 5.41) is 19.9. The van der Waals surface area contributed by atoms with E-state index in [1.165, 1.54) is 19.2 Å². The van der Waals surface area contributed by atoms with Gasteiger partial charge in [-0.05, 0) is 18.4 Å². The number of aliphatic hydroxyl groups excluding tert-OH is 1. The zero-order valence-corrected chi connectivity index (χ0v) is 9.33. The Morgan fingerprint density at radius 1 is 1.59 bits per heavy atom. The maximum Gasteiger partial charge on any atom is 0.334 e. The quantitative estimate of drug-likeness (QED) is 0.471. The first kappa shape index (κ1) is 13.1. The Bertz CT molecular complexity index is 418. The highest BCUT2D eigenvalue weighted by atomic mass is 16.6. The molecule has 6 nitrogen and oxygen atoms in total. The fourth-order valence-electron chi connectivity index (χ4n) is 1.38. The van der Waals surface area contributed by atoms with Crippen LogP contribution in [0.2, 0.25) is 0 Å². The largest absolute Gasteiger partial charge is 0.467 e. The molecule has 0 aromatic heterocycles. The van der Waals surface area contributed by atoms with E-state index in [1.54, 1.807) is 12.1 Å². The van der Waals surface area contributed by atoms with Gasteiger partial charge in [-0.3, -0.25) is 10.1 Å². The maximum atomic E-state index is 10.9. The summed E-state index contributed by atoms with van der Waals surface area (Å²) in [6.45, 7) is 0. The third-order valence-electron chi connectivity index (χ3n) is 2.30. The molecule has 0 aliphatic heterocycles. The molecule has 1 atom stereocenters. The van der Waals surface area contributed by atoms with Crippen molar-refractivity contribution in [2.24, 2.45) is 0 Å². The van der Waals surface area contributed by atoms with Crippen LogP contribution >= 0.6 is 0 Å². The first-order valence-electron chi connectivity index (χ1n) is 5.04. The van der Waals surface area contributed by atoms with Gasteiger partial charge in [-0.1, -0.05) is 12.1 Å². The van der Waals surface area contributed by atoms with Crippen LogP contribution in [-0.2, 0) is 16.0 Å². The summed E-state index contributed by atoms with van der Waals surface area (Å²) >= 11 is 0. The summed E-state index contributed by atoms with van der Waals surface area (Å²) in [4.78, 5) is 21.0. The number of nitro groups is 1. The molecule has 6 heteroatoms. The highest BCUT2D eigenvalue weighted by molar-refractivity contribution is 5.74. The number of ether oxygens (including phenoxy) is 1. The molecule has 0 radical (unpaired) electrons. The monoisotopic (exact) mass is 239 g/mol. The van der Waals surface area contributed by atoms with Crippen LogP contribution in [0.15, 0.2) is 24.3 Å². The molecule has 1 unspecified atom stereocenters. The number of rotatable bonds is 5. The van der Waals surface area contributed by atoms with Crippen LogP contribution in [0.1, 0.15) is 12.0 Å². The summed E-state index contributed by atoms with van der Waals surface area (Å²) in [6, 6.07) is 6.08. The van der Waals surface area contributed by atoms with Crippen molar-refractivity contribution in [1.29, 1.82) is 0 Å². The lowest BCUT2D eigenvalue weighted by molar-refractivity contribution is -0.384. The zero-order chi connectivity index (χ0) is 12.8. The SMILES string of the molecule is COC(=O)C(O)CCc1cccc([N+](=O)[O-])c1. The van der Waals surface area contributed by atoms with Crippen LogP contribution in [0.4, 0.5) is 5.69 Å². The van der Waals surface area contributed by atoms with Crippen molar-refractivity contribution >= 4 is 11.7 Å². The van der Waals surface area contributed by atoms with Gasteiger partial charge in [0.2, 0.25) is 0 Å². The van der Waals surface area contributed by atoms with E-state index in [4.69, 9.17) is 0 Å². The Morgan fingerprint density at radius 3 is 2.88 bits per heavy atom. The Labute approximate surface area is 98.0 Å². The topological polar surface area (TPSA) is 89.7 Å². The molecule has 0 fully saturated rings. The molecule has 1 aromatic rings. The predicted molar refractivity (Wildman–Crippen MR) is 59.4 cm³/mol. The van der Waals surface area contributed by atoms with Crippen LogP contribution in [0, 0.1) is 10.1 Å². The van der Waals surface area contributed by atoms with Crippen molar-refractivity contribution < 1.29 is 19.6 Å². The van der Waals surface area contributed by atoms with E-state index >= 15 is 0 Å². The number of nitro benzene ring substituents is 1. The van der Waals surface area contributed by atoms with Crippen molar-refractivity contribution in [1.82, 2.24) is 0 Å². The van der Waals surface area contributed by atoms with E-state index in [-0.39, 0.29) is 12.1 Å². The van der Waals surface area contributed by atoms with Crippen molar-refractivity contribution in [2.45, 2.75) is 18.9 Å². The Kier molecular flexibility index (Phi) is 4.59. The van der Waals surface area contributed by atoms with E-state index in [1.807, 2.05) is 0 Å². The third kappa shape index (κ3) is 3.84. The summed E-state index contributed by atoms with van der Waals surface area (Å²) in [5.41, 5.74) is 0.692. The molecule has 0 spiro atoms. The second kappa shape index (κ2) is 5.95. The second-order valence-corrected chi connectivity index (χ2v) is 3.50. The molecule has 1 N–H and O–H groups in total. The molecule has 0 heterocycles. The number of nitrogens with zero attached hydrogens (tertiary/aromatic N) is 1. The van der Waals surface area contributed by atoms with Gasteiger partial charge in [0.15, 0.2) is 6.10 Å². The van der Waals surface area contributed by atoms with Gasteiger partial charge >= 0.3 is 5.97 Å². The van der Waals surface area contributed by atoms with Crippen LogP contribution in [0.25, 0.3) is 0 Å². The number of carbonyl (C=O) groups excluding carboxylic acids is 1. The Balaban J connectivity index is 2.60. The highest BCUT2D eigenvalue weighted by Gasteiger charge is 2.15. The minimum absolute atomic E-state index is 0.00458. The molecule has 0 saturated heterocycles. The van der Waals surface area contributed by atoms with E-state index in [9.17, 15) is 20.0 Å². The van der Waals surface area contributed by atoms with Gasteiger partial charge in [-0.2, -0.15) is 0 Å². The van der Waals surface area contributed by atoms with E-state index < -0.39 is 17.0 Å². The number of methoxy groups -OCH3 is 1. The molecule has 0 bridgehead atoms. The summed E-state index contributed by atoms with van der Waals surface area (Å²) in [5.74, 6) is -0.699. The second-order valence-electron chi connectivity index (χ2n) is 3.50. The van der Waals surface area contributed by atoms with Crippen LogP contribution in [0.5, 0.6) is 0 Å². The number of aryl methyl sites for hydroxylation is 1. The predicted octanol–water partition coefficient (Wildman–Crippen LogP) is 1.06. The molecule has 1 rings (SSSR count). The van der Waals surface area contributed by atoms with Crippen molar-refractivity contribution in [3.63, 3.8) is 0 Å². The van der Waals surface area contributed by atoms with Gasteiger partial charge in [-0.25, -0.2) is 4.79 Å². The van der Waals surface area contributed by atoms with Gasteiger partial charge in [0.1, 0.15) is 0 Å².